The van der Waals surface area contributed by atoms with Crippen LogP contribution in [0.2, 0.25) is 0 Å². The molecule has 0 aliphatic carbocycles. The summed E-state index contributed by atoms with van der Waals surface area (Å²) in [7, 11) is 0. The third-order valence-electron chi connectivity index (χ3n) is 1.21. The van der Waals surface area contributed by atoms with Crippen molar-refractivity contribution >= 4 is 34.4 Å². The highest BCUT2D eigenvalue weighted by molar-refractivity contribution is 7.80. The number of rotatable bonds is 2. The molecule has 1 aromatic heterocycles. The Kier molecular flexibility index (Phi) is 3.19. The van der Waals surface area contributed by atoms with E-state index in [1.165, 1.54) is 0 Å². The van der Waals surface area contributed by atoms with Gasteiger partial charge in [-0.25, -0.2) is 0 Å². The van der Waals surface area contributed by atoms with Gasteiger partial charge in [0.1, 0.15) is 0 Å². The molecule has 0 amide bonds. The molecule has 0 saturated carbocycles. The van der Waals surface area contributed by atoms with Crippen molar-refractivity contribution in [1.82, 2.24) is 5.43 Å². The number of thiophene rings is 1. The average Bonchev–Trinajstić information content (AvgIpc) is 2.51. The molecule has 3 nitrogen and oxygen atoms in total. The lowest BCUT2D eigenvalue weighted by Crippen LogP contribution is -2.25. The summed E-state index contributed by atoms with van der Waals surface area (Å²) in [4.78, 5) is 1.11. The fraction of sp³-hybridized carbons (Fsp3) is 0.143. The van der Waals surface area contributed by atoms with Gasteiger partial charge in [-0.15, -0.1) is 11.3 Å². The molecule has 0 spiro atoms. The van der Waals surface area contributed by atoms with Gasteiger partial charge in [0, 0.05) is 4.88 Å². The quantitative estimate of drug-likeness (QED) is 0.429. The van der Waals surface area contributed by atoms with E-state index in [0.717, 1.165) is 10.6 Å². The van der Waals surface area contributed by atoms with Crippen LogP contribution < -0.4 is 11.2 Å². The van der Waals surface area contributed by atoms with Crippen molar-refractivity contribution in [3.05, 3.63) is 22.4 Å². The Hall–Kier alpha value is -0.940. The van der Waals surface area contributed by atoms with Gasteiger partial charge in [0.2, 0.25) is 0 Å². The standard InChI is InChI=1S/C7H9N3S2/c1-5(9-10-7(8)11)6-3-2-4-12-6/h2-4H,1H3,(H3,8,10,11)/b9-5-. The first-order valence-corrected chi connectivity index (χ1v) is 4.62. The summed E-state index contributed by atoms with van der Waals surface area (Å²) in [5.41, 5.74) is 8.64. The first kappa shape index (κ1) is 9.15. The molecule has 0 saturated heterocycles. The van der Waals surface area contributed by atoms with Gasteiger partial charge < -0.3 is 5.73 Å². The van der Waals surface area contributed by atoms with Crippen LogP contribution in [0.25, 0.3) is 0 Å². The van der Waals surface area contributed by atoms with E-state index >= 15 is 0 Å². The predicted molar refractivity (Wildman–Crippen MR) is 56.5 cm³/mol. The zero-order valence-corrected chi connectivity index (χ0v) is 8.21. The molecule has 0 bridgehead atoms. The third kappa shape index (κ3) is 2.60. The fourth-order valence-electron chi connectivity index (χ4n) is 0.678. The van der Waals surface area contributed by atoms with E-state index in [-0.39, 0.29) is 5.11 Å². The number of hydrazone groups is 1. The van der Waals surface area contributed by atoms with Crippen molar-refractivity contribution < 1.29 is 0 Å². The van der Waals surface area contributed by atoms with Crippen LogP contribution in [0.3, 0.4) is 0 Å². The Morgan fingerprint density at radius 3 is 3.00 bits per heavy atom. The molecule has 12 heavy (non-hydrogen) atoms. The van der Waals surface area contributed by atoms with E-state index in [9.17, 15) is 0 Å². The van der Waals surface area contributed by atoms with Gasteiger partial charge >= 0.3 is 0 Å². The minimum absolute atomic E-state index is 0.186. The molecule has 0 aromatic carbocycles. The maximum atomic E-state index is 5.21. The molecule has 0 atom stereocenters. The summed E-state index contributed by atoms with van der Waals surface area (Å²) >= 11 is 6.23. The number of hydrogen-bond acceptors (Lipinski definition) is 3. The summed E-state index contributed by atoms with van der Waals surface area (Å²) in [5.74, 6) is 0. The highest BCUT2D eigenvalue weighted by atomic mass is 32.1. The third-order valence-corrected chi connectivity index (χ3v) is 2.28. The maximum Gasteiger partial charge on any atom is 0.184 e. The smallest absolute Gasteiger partial charge is 0.184 e. The molecule has 0 aliphatic rings. The Morgan fingerprint density at radius 1 is 1.75 bits per heavy atom. The number of nitrogens with two attached hydrogens (primary N) is 1. The highest BCUT2D eigenvalue weighted by Gasteiger charge is 1.96. The first-order chi connectivity index (χ1) is 5.70. The Bertz CT molecular complexity index is 290. The molecule has 1 heterocycles. The molecule has 0 radical (unpaired) electrons. The fourth-order valence-corrected chi connectivity index (χ4v) is 1.40. The molecular formula is C7H9N3S2. The van der Waals surface area contributed by atoms with Gasteiger partial charge in [0.15, 0.2) is 5.11 Å². The molecule has 3 N–H and O–H groups in total. The van der Waals surface area contributed by atoms with Gasteiger partial charge in [0.25, 0.3) is 0 Å². The number of nitrogens with one attached hydrogen (secondary N) is 1. The van der Waals surface area contributed by atoms with Crippen LogP contribution in [0.4, 0.5) is 0 Å². The lowest BCUT2D eigenvalue weighted by molar-refractivity contribution is 1.03. The van der Waals surface area contributed by atoms with Gasteiger partial charge in [-0.05, 0) is 30.6 Å². The van der Waals surface area contributed by atoms with E-state index < -0.39 is 0 Å². The topological polar surface area (TPSA) is 50.4 Å². The lowest BCUT2D eigenvalue weighted by atomic mass is 10.3. The van der Waals surface area contributed by atoms with Crippen LogP contribution in [0.5, 0.6) is 0 Å². The van der Waals surface area contributed by atoms with Crippen LogP contribution in [-0.4, -0.2) is 10.8 Å². The summed E-state index contributed by atoms with van der Waals surface area (Å²) in [6.07, 6.45) is 0. The normalized spacial score (nSPS) is 11.2. The summed E-state index contributed by atoms with van der Waals surface area (Å²) in [6.45, 7) is 1.90. The Morgan fingerprint density at radius 2 is 2.50 bits per heavy atom. The second-order valence-corrected chi connectivity index (χ2v) is 3.54. The molecule has 64 valence electrons. The molecule has 0 fully saturated rings. The van der Waals surface area contributed by atoms with Crippen molar-refractivity contribution in [2.45, 2.75) is 6.92 Å². The van der Waals surface area contributed by atoms with Crippen LogP contribution in [0.15, 0.2) is 22.6 Å². The average molecular weight is 199 g/mol. The largest absolute Gasteiger partial charge is 0.375 e. The van der Waals surface area contributed by atoms with Crippen LogP contribution >= 0.6 is 23.6 Å². The molecular weight excluding hydrogens is 190 g/mol. The number of thiocarbonyl (C=S) groups is 1. The van der Waals surface area contributed by atoms with Gasteiger partial charge in [-0.2, -0.15) is 5.10 Å². The van der Waals surface area contributed by atoms with Crippen molar-refractivity contribution in [1.29, 1.82) is 0 Å². The van der Waals surface area contributed by atoms with Crippen molar-refractivity contribution in [2.24, 2.45) is 10.8 Å². The first-order valence-electron chi connectivity index (χ1n) is 3.34. The van der Waals surface area contributed by atoms with Crippen LogP contribution in [0, 0.1) is 0 Å². The van der Waals surface area contributed by atoms with E-state index in [0.29, 0.717) is 0 Å². The van der Waals surface area contributed by atoms with Gasteiger partial charge in [-0.1, -0.05) is 6.07 Å². The maximum absolute atomic E-state index is 5.21. The number of nitrogens with zero attached hydrogens (tertiary/aromatic N) is 1. The van der Waals surface area contributed by atoms with Crippen LogP contribution in [-0.2, 0) is 0 Å². The van der Waals surface area contributed by atoms with E-state index in [1.807, 2.05) is 24.4 Å². The minimum Gasteiger partial charge on any atom is -0.375 e. The summed E-state index contributed by atoms with van der Waals surface area (Å²) in [5, 5.41) is 6.16. The molecule has 1 rings (SSSR count). The highest BCUT2D eigenvalue weighted by Crippen LogP contribution is 2.08. The number of hydrogen-bond donors (Lipinski definition) is 2. The zero-order valence-electron chi connectivity index (χ0n) is 6.57. The van der Waals surface area contributed by atoms with E-state index in [2.05, 4.69) is 22.7 Å². The molecule has 0 unspecified atom stereocenters. The SMILES string of the molecule is C/C(=N/NC(N)=S)c1cccs1. The zero-order chi connectivity index (χ0) is 8.97. The van der Waals surface area contributed by atoms with E-state index in [1.54, 1.807) is 11.3 Å². The van der Waals surface area contributed by atoms with E-state index in [4.69, 9.17) is 5.73 Å². The second kappa shape index (κ2) is 4.18. The molecule has 5 heteroatoms. The second-order valence-electron chi connectivity index (χ2n) is 2.15. The Balaban J connectivity index is 2.65. The Labute approximate surface area is 80.3 Å². The van der Waals surface area contributed by atoms with Crippen LogP contribution in [0.1, 0.15) is 11.8 Å². The predicted octanol–water partition coefficient (Wildman–Crippen LogP) is 1.31. The van der Waals surface area contributed by atoms with Gasteiger partial charge in [0.05, 0.1) is 5.71 Å². The van der Waals surface area contributed by atoms with Gasteiger partial charge in [-0.3, -0.25) is 5.43 Å². The van der Waals surface area contributed by atoms with Crippen molar-refractivity contribution in [3.63, 3.8) is 0 Å². The summed E-state index contributed by atoms with van der Waals surface area (Å²) in [6, 6.07) is 3.96. The summed E-state index contributed by atoms with van der Waals surface area (Å²) < 4.78 is 0. The monoisotopic (exact) mass is 199 g/mol. The molecule has 1 aromatic rings. The van der Waals surface area contributed by atoms with Crippen molar-refractivity contribution in [2.75, 3.05) is 0 Å². The molecule has 0 aliphatic heterocycles. The minimum atomic E-state index is 0.186. The lowest BCUT2D eigenvalue weighted by Gasteiger charge is -1.97. The van der Waals surface area contributed by atoms with Crippen molar-refractivity contribution in [3.8, 4) is 0 Å².